The number of halogens is 1. The molecule has 2 aromatic rings. The molecule has 0 aliphatic rings. The van der Waals surface area contributed by atoms with Crippen molar-refractivity contribution in [2.45, 2.75) is 13.5 Å². The molecule has 24 heavy (non-hydrogen) atoms. The lowest BCUT2D eigenvalue weighted by molar-refractivity contribution is -0.138. The Bertz CT molecular complexity index is 781. The highest BCUT2D eigenvalue weighted by Crippen LogP contribution is 2.21. The number of hydrogen-bond acceptors (Lipinski definition) is 4. The molecule has 0 saturated carbocycles. The first-order chi connectivity index (χ1) is 11.5. The Labute approximate surface area is 139 Å². The van der Waals surface area contributed by atoms with Gasteiger partial charge < -0.3 is 9.47 Å². The van der Waals surface area contributed by atoms with E-state index in [1.54, 1.807) is 36.4 Å². The van der Waals surface area contributed by atoms with Gasteiger partial charge in [0.15, 0.2) is 5.78 Å². The second-order valence-electron chi connectivity index (χ2n) is 5.05. The summed E-state index contributed by atoms with van der Waals surface area (Å²) in [7, 11) is 1.49. The predicted molar refractivity (Wildman–Crippen MR) is 88.2 cm³/mol. The average molecular weight is 328 g/mol. The molecule has 0 amide bonds. The first-order valence-corrected chi connectivity index (χ1v) is 7.28. The molecular weight excluding hydrogens is 311 g/mol. The van der Waals surface area contributed by atoms with Gasteiger partial charge in [0.25, 0.3) is 0 Å². The van der Waals surface area contributed by atoms with Crippen molar-refractivity contribution in [3.63, 3.8) is 0 Å². The zero-order chi connectivity index (χ0) is 17.5. The lowest BCUT2D eigenvalue weighted by Gasteiger charge is -2.09. The molecule has 0 unspecified atom stereocenters. The zero-order valence-corrected chi connectivity index (χ0v) is 13.4. The maximum atomic E-state index is 13.5. The van der Waals surface area contributed by atoms with Gasteiger partial charge in [0.2, 0.25) is 0 Å². The highest BCUT2D eigenvalue weighted by atomic mass is 19.1. The van der Waals surface area contributed by atoms with E-state index in [1.807, 2.05) is 0 Å². The number of Topliss-reactive ketones (excluding diaryl/α,β-unsaturated/α-hetero) is 1. The number of ketones is 1. The molecule has 5 heteroatoms. The Morgan fingerprint density at radius 2 is 1.92 bits per heavy atom. The topological polar surface area (TPSA) is 52.6 Å². The van der Waals surface area contributed by atoms with E-state index in [4.69, 9.17) is 9.47 Å². The predicted octanol–water partition coefficient (Wildman–Crippen LogP) is 3.79. The molecule has 0 saturated heterocycles. The monoisotopic (exact) mass is 328 g/mol. The van der Waals surface area contributed by atoms with Crippen LogP contribution < -0.4 is 4.74 Å². The summed E-state index contributed by atoms with van der Waals surface area (Å²) in [5.74, 6) is -0.610. The Morgan fingerprint density at radius 1 is 1.17 bits per heavy atom. The SMILES string of the molecule is COc1ccc(C(C)=O)cc1COC(=O)/C=C/c1ccccc1F. The number of benzene rings is 2. The van der Waals surface area contributed by atoms with E-state index < -0.39 is 11.8 Å². The van der Waals surface area contributed by atoms with Crippen molar-refractivity contribution >= 4 is 17.8 Å². The van der Waals surface area contributed by atoms with E-state index in [1.165, 1.54) is 26.2 Å². The van der Waals surface area contributed by atoms with Crippen molar-refractivity contribution in [2.24, 2.45) is 0 Å². The molecule has 0 bridgehead atoms. The van der Waals surface area contributed by atoms with Gasteiger partial charge in [0.05, 0.1) is 7.11 Å². The summed E-state index contributed by atoms with van der Waals surface area (Å²) in [5.41, 5.74) is 1.38. The van der Waals surface area contributed by atoms with Crippen LogP contribution in [0.4, 0.5) is 4.39 Å². The molecule has 0 radical (unpaired) electrons. The van der Waals surface area contributed by atoms with Crippen LogP contribution in [-0.4, -0.2) is 18.9 Å². The number of carbonyl (C=O) groups excluding carboxylic acids is 2. The summed E-state index contributed by atoms with van der Waals surface area (Å²) in [6.45, 7) is 1.40. The van der Waals surface area contributed by atoms with Gasteiger partial charge in [0, 0.05) is 22.8 Å². The molecule has 0 atom stereocenters. The average Bonchev–Trinajstić information content (AvgIpc) is 2.58. The number of hydrogen-bond donors (Lipinski definition) is 0. The minimum absolute atomic E-state index is 0.0509. The van der Waals surface area contributed by atoms with Crippen molar-refractivity contribution in [3.05, 3.63) is 71.0 Å². The van der Waals surface area contributed by atoms with Crippen LogP contribution in [0.25, 0.3) is 6.08 Å². The van der Waals surface area contributed by atoms with E-state index in [-0.39, 0.29) is 12.4 Å². The number of ether oxygens (including phenoxy) is 2. The van der Waals surface area contributed by atoms with Gasteiger partial charge in [-0.15, -0.1) is 0 Å². The quantitative estimate of drug-likeness (QED) is 0.460. The first kappa shape index (κ1) is 17.4. The second-order valence-corrected chi connectivity index (χ2v) is 5.05. The molecule has 0 fully saturated rings. The van der Waals surface area contributed by atoms with Gasteiger partial charge in [-0.25, -0.2) is 9.18 Å². The molecule has 2 aromatic carbocycles. The molecule has 0 spiro atoms. The number of methoxy groups -OCH3 is 1. The fourth-order valence-corrected chi connectivity index (χ4v) is 2.08. The second kappa shape index (κ2) is 8.06. The van der Waals surface area contributed by atoms with Crippen LogP contribution in [0.1, 0.15) is 28.4 Å². The molecule has 0 aliphatic carbocycles. The third-order valence-electron chi connectivity index (χ3n) is 3.36. The van der Waals surface area contributed by atoms with Crippen LogP contribution in [-0.2, 0) is 16.1 Å². The summed E-state index contributed by atoms with van der Waals surface area (Å²) < 4.78 is 23.8. The Hall–Kier alpha value is -2.95. The van der Waals surface area contributed by atoms with E-state index in [2.05, 4.69) is 0 Å². The van der Waals surface area contributed by atoms with Crippen molar-refractivity contribution in [3.8, 4) is 5.75 Å². The van der Waals surface area contributed by atoms with Crippen LogP contribution >= 0.6 is 0 Å². The molecule has 0 heterocycles. The largest absolute Gasteiger partial charge is 0.496 e. The maximum absolute atomic E-state index is 13.5. The van der Waals surface area contributed by atoms with E-state index in [9.17, 15) is 14.0 Å². The lowest BCUT2D eigenvalue weighted by Crippen LogP contribution is -2.04. The van der Waals surface area contributed by atoms with Crippen LogP contribution in [0.5, 0.6) is 5.75 Å². The molecule has 2 rings (SSSR count). The van der Waals surface area contributed by atoms with Gasteiger partial charge in [-0.3, -0.25) is 4.79 Å². The van der Waals surface area contributed by atoms with Crippen LogP contribution in [0, 0.1) is 5.82 Å². The Balaban J connectivity index is 2.05. The Kier molecular flexibility index (Phi) is 5.84. The Morgan fingerprint density at radius 3 is 2.58 bits per heavy atom. The first-order valence-electron chi connectivity index (χ1n) is 7.28. The van der Waals surface area contributed by atoms with E-state index >= 15 is 0 Å². The standard InChI is InChI=1S/C19H17FO4/c1-13(21)15-7-9-18(23-2)16(11-15)12-24-19(22)10-8-14-5-3-4-6-17(14)20/h3-11H,12H2,1-2H3/b10-8+. The van der Waals surface area contributed by atoms with Gasteiger partial charge in [0.1, 0.15) is 18.2 Å². The van der Waals surface area contributed by atoms with Gasteiger partial charge in [-0.05, 0) is 37.3 Å². The normalized spacial score (nSPS) is 10.6. The van der Waals surface area contributed by atoms with Gasteiger partial charge in [-0.1, -0.05) is 18.2 Å². The lowest BCUT2D eigenvalue weighted by atomic mass is 10.1. The zero-order valence-electron chi connectivity index (χ0n) is 13.4. The minimum Gasteiger partial charge on any atom is -0.496 e. The molecule has 124 valence electrons. The smallest absolute Gasteiger partial charge is 0.331 e. The van der Waals surface area contributed by atoms with Crippen molar-refractivity contribution < 1.29 is 23.5 Å². The van der Waals surface area contributed by atoms with Crippen molar-refractivity contribution in [1.82, 2.24) is 0 Å². The molecule has 0 aliphatic heterocycles. The molecular formula is C19H17FO4. The highest BCUT2D eigenvalue weighted by molar-refractivity contribution is 5.94. The summed E-state index contributed by atoms with van der Waals surface area (Å²) in [5, 5.41) is 0. The molecule has 0 N–H and O–H groups in total. The number of esters is 1. The third kappa shape index (κ3) is 4.52. The summed E-state index contributed by atoms with van der Waals surface area (Å²) >= 11 is 0. The van der Waals surface area contributed by atoms with Crippen molar-refractivity contribution in [2.75, 3.05) is 7.11 Å². The van der Waals surface area contributed by atoms with Gasteiger partial charge in [-0.2, -0.15) is 0 Å². The maximum Gasteiger partial charge on any atom is 0.331 e. The van der Waals surface area contributed by atoms with Crippen molar-refractivity contribution in [1.29, 1.82) is 0 Å². The number of carbonyl (C=O) groups is 2. The van der Waals surface area contributed by atoms with E-state index in [0.29, 0.717) is 22.4 Å². The summed E-state index contributed by atoms with van der Waals surface area (Å²) in [4.78, 5) is 23.2. The highest BCUT2D eigenvalue weighted by Gasteiger charge is 2.09. The van der Waals surface area contributed by atoms with Crippen LogP contribution in [0.2, 0.25) is 0 Å². The van der Waals surface area contributed by atoms with Crippen LogP contribution in [0.3, 0.4) is 0 Å². The summed E-state index contributed by atoms with van der Waals surface area (Å²) in [6, 6.07) is 11.0. The van der Waals surface area contributed by atoms with Gasteiger partial charge >= 0.3 is 5.97 Å². The molecule has 0 aromatic heterocycles. The third-order valence-corrected chi connectivity index (χ3v) is 3.36. The fraction of sp³-hybridized carbons (Fsp3) is 0.158. The molecule has 4 nitrogen and oxygen atoms in total. The number of rotatable bonds is 6. The minimum atomic E-state index is -0.617. The van der Waals surface area contributed by atoms with E-state index in [0.717, 1.165) is 6.08 Å². The van der Waals surface area contributed by atoms with Crippen LogP contribution in [0.15, 0.2) is 48.5 Å². The summed E-state index contributed by atoms with van der Waals surface area (Å²) in [6.07, 6.45) is 2.50. The fourth-order valence-electron chi connectivity index (χ4n) is 2.08.